The maximum atomic E-state index is 12.6. The smallest absolute Gasteiger partial charge is 0.335 e. The second-order valence-electron chi connectivity index (χ2n) is 5.92. The van der Waals surface area contributed by atoms with Crippen molar-refractivity contribution in [1.29, 1.82) is 0 Å². The van der Waals surface area contributed by atoms with Crippen molar-refractivity contribution in [1.82, 2.24) is 9.62 Å². The minimum absolute atomic E-state index is 0.0462. The number of nitrogens with one attached hydrogen (secondary N) is 1. The van der Waals surface area contributed by atoms with E-state index in [0.29, 0.717) is 12.4 Å². The van der Waals surface area contributed by atoms with Crippen LogP contribution in [-0.2, 0) is 10.0 Å². The molecule has 0 bridgehead atoms. The number of nitrogens with zero attached hydrogens (tertiary/aromatic N) is 1. The molecule has 2 aromatic carbocycles. The summed E-state index contributed by atoms with van der Waals surface area (Å²) in [6.45, 7) is 0.563. The van der Waals surface area contributed by atoms with E-state index in [1.54, 1.807) is 28.8 Å². The van der Waals surface area contributed by atoms with E-state index in [1.807, 2.05) is 4.72 Å². The number of hydrogen-bond donors (Lipinski definition) is 2. The van der Waals surface area contributed by atoms with Crippen molar-refractivity contribution in [3.63, 3.8) is 0 Å². The highest BCUT2D eigenvalue weighted by Crippen LogP contribution is 2.19. The highest BCUT2D eigenvalue weighted by atomic mass is 32.2. The Hall–Kier alpha value is -2.85. The van der Waals surface area contributed by atoms with Crippen molar-refractivity contribution >= 4 is 39.6 Å². The highest BCUT2D eigenvalue weighted by molar-refractivity contribution is 7.99. The summed E-state index contributed by atoms with van der Waals surface area (Å²) in [5, 5.41) is 8.89. The van der Waals surface area contributed by atoms with E-state index in [1.165, 1.54) is 12.1 Å². The minimum atomic E-state index is -4.23. The van der Waals surface area contributed by atoms with Crippen molar-refractivity contribution in [3.05, 3.63) is 65.2 Å². The molecule has 10 heteroatoms. The Labute approximate surface area is 165 Å². The van der Waals surface area contributed by atoms with Gasteiger partial charge >= 0.3 is 5.97 Å². The molecule has 0 aromatic heterocycles. The zero-order valence-electron chi connectivity index (χ0n) is 14.5. The molecule has 28 heavy (non-hydrogen) atoms. The fraction of sp³-hybridized carbons (Fsp3) is 0.167. The molecular formula is C18H16N2O6S2. The van der Waals surface area contributed by atoms with E-state index in [2.05, 4.69) is 0 Å². The van der Waals surface area contributed by atoms with Gasteiger partial charge in [0.05, 0.1) is 27.5 Å². The molecular weight excluding hydrogens is 404 g/mol. The average molecular weight is 420 g/mol. The highest BCUT2D eigenvalue weighted by Gasteiger charge is 2.26. The average Bonchev–Trinajstić information content (AvgIpc) is 3.22. The Morgan fingerprint density at radius 2 is 1.64 bits per heavy atom. The van der Waals surface area contributed by atoms with Crippen LogP contribution in [0.4, 0.5) is 0 Å². The van der Waals surface area contributed by atoms with Gasteiger partial charge < -0.3 is 10.0 Å². The largest absolute Gasteiger partial charge is 0.478 e. The lowest BCUT2D eigenvalue weighted by Gasteiger charge is -2.16. The molecule has 0 atom stereocenters. The van der Waals surface area contributed by atoms with Gasteiger partial charge in [-0.05, 0) is 36.4 Å². The first-order chi connectivity index (χ1) is 13.3. The molecule has 0 unspecified atom stereocenters. The Morgan fingerprint density at radius 1 is 1.00 bits per heavy atom. The van der Waals surface area contributed by atoms with Gasteiger partial charge in [0.1, 0.15) is 0 Å². The predicted octanol–water partition coefficient (Wildman–Crippen LogP) is 1.65. The van der Waals surface area contributed by atoms with Crippen LogP contribution in [0.3, 0.4) is 0 Å². The third kappa shape index (κ3) is 4.18. The lowest BCUT2D eigenvalue weighted by atomic mass is 10.1. The number of thioether (sulfide) groups is 1. The van der Waals surface area contributed by atoms with E-state index in [-0.39, 0.29) is 27.5 Å². The van der Waals surface area contributed by atoms with Crippen LogP contribution in [0.25, 0.3) is 0 Å². The fourth-order valence-electron chi connectivity index (χ4n) is 2.62. The van der Waals surface area contributed by atoms with Crippen molar-refractivity contribution < 1.29 is 27.9 Å². The number of sulfonamides is 1. The SMILES string of the molecule is O=C(O)c1ccc(S(=O)(=O)NC(=O)c2ccccc2C(=O)N2CCSC2)cc1. The van der Waals surface area contributed by atoms with Crippen molar-refractivity contribution in [2.45, 2.75) is 4.90 Å². The summed E-state index contributed by atoms with van der Waals surface area (Å²) >= 11 is 1.60. The number of carboxylic acid groups (broad SMARTS) is 1. The van der Waals surface area contributed by atoms with Crippen LogP contribution >= 0.6 is 11.8 Å². The van der Waals surface area contributed by atoms with Crippen molar-refractivity contribution in [3.8, 4) is 0 Å². The van der Waals surface area contributed by atoms with Crippen molar-refractivity contribution in [2.24, 2.45) is 0 Å². The first kappa shape index (κ1) is 19.9. The zero-order valence-corrected chi connectivity index (χ0v) is 16.1. The number of rotatable bonds is 5. The molecule has 0 radical (unpaired) electrons. The maximum Gasteiger partial charge on any atom is 0.335 e. The minimum Gasteiger partial charge on any atom is -0.478 e. The van der Waals surface area contributed by atoms with Gasteiger partial charge in [0.2, 0.25) is 0 Å². The van der Waals surface area contributed by atoms with Gasteiger partial charge in [-0.1, -0.05) is 12.1 Å². The Balaban J connectivity index is 1.84. The van der Waals surface area contributed by atoms with Gasteiger partial charge in [-0.25, -0.2) is 17.9 Å². The second kappa shape index (κ2) is 8.03. The summed E-state index contributed by atoms with van der Waals surface area (Å²) in [6.07, 6.45) is 0. The van der Waals surface area contributed by atoms with Gasteiger partial charge in [-0.15, -0.1) is 11.8 Å². The first-order valence-electron chi connectivity index (χ1n) is 8.16. The molecule has 1 heterocycles. The maximum absolute atomic E-state index is 12.6. The fourth-order valence-corrected chi connectivity index (χ4v) is 4.54. The Kier molecular flexibility index (Phi) is 5.71. The Bertz CT molecular complexity index is 1030. The number of amides is 2. The van der Waals surface area contributed by atoms with Gasteiger partial charge in [0, 0.05) is 12.3 Å². The quantitative estimate of drug-likeness (QED) is 0.754. The van der Waals surface area contributed by atoms with Crippen molar-refractivity contribution in [2.75, 3.05) is 18.2 Å². The molecule has 8 nitrogen and oxygen atoms in total. The van der Waals surface area contributed by atoms with Gasteiger partial charge in [-0.2, -0.15) is 0 Å². The summed E-state index contributed by atoms with van der Waals surface area (Å²) in [5.74, 6) is -1.14. The Morgan fingerprint density at radius 3 is 2.21 bits per heavy atom. The van der Waals surface area contributed by atoms with E-state index in [4.69, 9.17) is 5.11 Å². The number of carbonyl (C=O) groups excluding carboxylic acids is 2. The second-order valence-corrected chi connectivity index (χ2v) is 8.67. The lowest BCUT2D eigenvalue weighted by molar-refractivity contribution is 0.0696. The van der Waals surface area contributed by atoms with Gasteiger partial charge in [-0.3, -0.25) is 9.59 Å². The molecule has 0 spiro atoms. The summed E-state index contributed by atoms with van der Waals surface area (Å²) < 4.78 is 26.8. The van der Waals surface area contributed by atoms with Crippen LogP contribution in [0.15, 0.2) is 53.4 Å². The lowest BCUT2D eigenvalue weighted by Crippen LogP contribution is -2.34. The van der Waals surface area contributed by atoms with Crippen LogP contribution in [0.2, 0.25) is 0 Å². The normalized spacial score (nSPS) is 13.9. The standard InChI is InChI=1S/C18H16N2O6S2/c21-16(19-28(25,26)13-7-5-12(6-8-13)18(23)24)14-3-1-2-4-15(14)17(22)20-9-10-27-11-20/h1-8H,9-11H2,(H,19,21)(H,23,24). The van der Waals surface area contributed by atoms with E-state index < -0.39 is 21.9 Å². The molecule has 2 N–H and O–H groups in total. The number of aromatic carboxylic acids is 1. The van der Waals surface area contributed by atoms with Crippen LogP contribution in [-0.4, -0.2) is 54.4 Å². The molecule has 1 saturated heterocycles. The van der Waals surface area contributed by atoms with E-state index in [0.717, 1.165) is 30.0 Å². The molecule has 146 valence electrons. The van der Waals surface area contributed by atoms with Crippen LogP contribution in [0, 0.1) is 0 Å². The summed E-state index contributed by atoms with van der Waals surface area (Å²) in [4.78, 5) is 37.4. The zero-order chi connectivity index (χ0) is 20.3. The van der Waals surface area contributed by atoms with Crippen LogP contribution in [0.5, 0.6) is 0 Å². The number of hydrogen-bond acceptors (Lipinski definition) is 6. The topological polar surface area (TPSA) is 121 Å². The van der Waals surface area contributed by atoms with E-state index in [9.17, 15) is 22.8 Å². The third-order valence-electron chi connectivity index (χ3n) is 4.08. The van der Waals surface area contributed by atoms with Crippen LogP contribution in [0.1, 0.15) is 31.1 Å². The molecule has 2 amide bonds. The summed E-state index contributed by atoms with van der Waals surface area (Å²) in [5.41, 5.74) is -0.00115. The van der Waals surface area contributed by atoms with E-state index >= 15 is 0 Å². The molecule has 0 saturated carbocycles. The summed E-state index contributed by atoms with van der Waals surface area (Å²) in [7, 11) is -4.23. The molecule has 3 rings (SSSR count). The van der Waals surface area contributed by atoms with Crippen LogP contribution < -0.4 is 4.72 Å². The number of carboxylic acids is 1. The first-order valence-corrected chi connectivity index (χ1v) is 10.8. The molecule has 2 aromatic rings. The molecule has 1 fully saturated rings. The third-order valence-corrected chi connectivity index (χ3v) is 6.39. The number of carbonyl (C=O) groups is 3. The summed E-state index contributed by atoms with van der Waals surface area (Å²) in [6, 6.07) is 10.5. The molecule has 1 aliphatic heterocycles. The van der Waals surface area contributed by atoms with Gasteiger partial charge in [0.15, 0.2) is 0 Å². The molecule has 0 aliphatic carbocycles. The monoisotopic (exact) mass is 420 g/mol. The number of benzene rings is 2. The predicted molar refractivity (Wildman–Crippen MR) is 103 cm³/mol. The van der Waals surface area contributed by atoms with Gasteiger partial charge in [0.25, 0.3) is 21.8 Å². The molecule has 1 aliphatic rings.